The van der Waals surface area contributed by atoms with Crippen LogP contribution in [0.1, 0.15) is 13.3 Å². The molecule has 1 unspecified atom stereocenters. The molecule has 5 nitrogen and oxygen atoms in total. The Labute approximate surface area is 126 Å². The molecule has 0 fully saturated rings. The highest BCUT2D eigenvalue weighted by atomic mass is 35.5. The van der Waals surface area contributed by atoms with Gasteiger partial charge >= 0.3 is 0 Å². The Morgan fingerprint density at radius 2 is 1.95 bits per heavy atom. The molecular formula is C14H23ClN2O3. The van der Waals surface area contributed by atoms with Gasteiger partial charge in [0.25, 0.3) is 0 Å². The quantitative estimate of drug-likeness (QED) is 0.766. The fraction of sp³-hybridized carbons (Fsp3) is 0.500. The highest BCUT2D eigenvalue weighted by molar-refractivity contribution is 5.85. The first kappa shape index (κ1) is 18.5. The summed E-state index contributed by atoms with van der Waals surface area (Å²) < 4.78 is 10.9. The molecular weight excluding hydrogens is 280 g/mol. The Balaban J connectivity index is 0.00000361. The van der Waals surface area contributed by atoms with Gasteiger partial charge in [0, 0.05) is 13.0 Å². The zero-order chi connectivity index (χ0) is 14.1. The largest absolute Gasteiger partial charge is 0.493 e. The van der Waals surface area contributed by atoms with Gasteiger partial charge < -0.3 is 20.1 Å². The van der Waals surface area contributed by atoms with Crippen molar-refractivity contribution in [3.05, 3.63) is 24.3 Å². The summed E-state index contributed by atoms with van der Waals surface area (Å²) in [7, 11) is 3.42. The SMILES string of the molecule is CNCCC(=O)NCC(C)Oc1ccccc1OC.Cl. The van der Waals surface area contributed by atoms with E-state index in [1.54, 1.807) is 7.11 Å². The van der Waals surface area contributed by atoms with Gasteiger partial charge in [-0.3, -0.25) is 4.79 Å². The number of carbonyl (C=O) groups is 1. The lowest BCUT2D eigenvalue weighted by Gasteiger charge is -2.17. The highest BCUT2D eigenvalue weighted by Gasteiger charge is 2.09. The van der Waals surface area contributed by atoms with Gasteiger partial charge in [-0.05, 0) is 26.1 Å². The summed E-state index contributed by atoms with van der Waals surface area (Å²) in [6.07, 6.45) is 0.354. The van der Waals surface area contributed by atoms with E-state index in [1.807, 2.05) is 38.2 Å². The van der Waals surface area contributed by atoms with Gasteiger partial charge in [0.15, 0.2) is 11.5 Å². The molecule has 20 heavy (non-hydrogen) atoms. The summed E-state index contributed by atoms with van der Waals surface area (Å²) in [6.45, 7) is 3.05. The molecule has 0 radical (unpaired) electrons. The number of rotatable bonds is 8. The van der Waals surface area contributed by atoms with Crippen molar-refractivity contribution < 1.29 is 14.3 Å². The third-order valence-electron chi connectivity index (χ3n) is 2.59. The van der Waals surface area contributed by atoms with Crippen LogP contribution in [0, 0.1) is 0 Å². The van der Waals surface area contributed by atoms with Gasteiger partial charge in [0.1, 0.15) is 6.10 Å². The van der Waals surface area contributed by atoms with Crippen LogP contribution in [0.2, 0.25) is 0 Å². The van der Waals surface area contributed by atoms with Crippen LogP contribution >= 0.6 is 12.4 Å². The molecule has 6 heteroatoms. The summed E-state index contributed by atoms with van der Waals surface area (Å²) in [4.78, 5) is 11.5. The van der Waals surface area contributed by atoms with Crippen LogP contribution in [0.5, 0.6) is 11.5 Å². The van der Waals surface area contributed by atoms with Crippen LogP contribution in [0.3, 0.4) is 0 Å². The predicted octanol–water partition coefficient (Wildman–Crippen LogP) is 1.61. The Morgan fingerprint density at radius 1 is 1.30 bits per heavy atom. The molecule has 0 bridgehead atoms. The second-order valence-electron chi connectivity index (χ2n) is 4.24. The van der Waals surface area contributed by atoms with Gasteiger partial charge in [0.05, 0.1) is 13.7 Å². The predicted molar refractivity (Wildman–Crippen MR) is 81.9 cm³/mol. The molecule has 2 N–H and O–H groups in total. The van der Waals surface area contributed by atoms with Crippen molar-refractivity contribution in [2.75, 3.05) is 27.2 Å². The van der Waals surface area contributed by atoms with Gasteiger partial charge in [0.2, 0.25) is 5.91 Å². The fourth-order valence-electron chi connectivity index (χ4n) is 1.56. The van der Waals surface area contributed by atoms with E-state index >= 15 is 0 Å². The minimum Gasteiger partial charge on any atom is -0.493 e. The van der Waals surface area contributed by atoms with E-state index in [-0.39, 0.29) is 24.4 Å². The van der Waals surface area contributed by atoms with E-state index < -0.39 is 0 Å². The zero-order valence-corrected chi connectivity index (χ0v) is 13.0. The third kappa shape index (κ3) is 6.63. The summed E-state index contributed by atoms with van der Waals surface area (Å²) in [5.74, 6) is 1.39. The molecule has 0 saturated heterocycles. The molecule has 0 aliphatic rings. The second-order valence-corrected chi connectivity index (χ2v) is 4.24. The summed E-state index contributed by atoms with van der Waals surface area (Å²) in [6, 6.07) is 7.46. The van der Waals surface area contributed by atoms with Gasteiger partial charge in [-0.2, -0.15) is 0 Å². The van der Waals surface area contributed by atoms with Gasteiger partial charge in [-0.1, -0.05) is 12.1 Å². The number of para-hydroxylation sites is 2. The molecule has 1 aromatic carbocycles. The summed E-state index contributed by atoms with van der Waals surface area (Å²) in [5.41, 5.74) is 0. The zero-order valence-electron chi connectivity index (χ0n) is 12.1. The maximum Gasteiger partial charge on any atom is 0.221 e. The van der Waals surface area contributed by atoms with E-state index in [4.69, 9.17) is 9.47 Å². The molecule has 0 heterocycles. The highest BCUT2D eigenvalue weighted by Crippen LogP contribution is 2.26. The molecule has 0 aliphatic carbocycles. The molecule has 1 aromatic rings. The normalized spacial score (nSPS) is 11.2. The molecule has 1 rings (SSSR count). The number of methoxy groups -OCH3 is 1. The topological polar surface area (TPSA) is 59.6 Å². The molecule has 1 atom stereocenters. The fourth-order valence-corrected chi connectivity index (χ4v) is 1.56. The average molecular weight is 303 g/mol. The number of ether oxygens (including phenoxy) is 2. The Kier molecular flexibility index (Phi) is 9.59. The molecule has 0 aromatic heterocycles. The van der Waals surface area contributed by atoms with E-state index in [0.717, 1.165) is 0 Å². The van der Waals surface area contributed by atoms with Crippen LogP contribution in [-0.4, -0.2) is 39.3 Å². The first-order valence-corrected chi connectivity index (χ1v) is 6.38. The summed E-state index contributed by atoms with van der Waals surface area (Å²) >= 11 is 0. The van der Waals surface area contributed by atoms with Gasteiger partial charge in [-0.15, -0.1) is 12.4 Å². The lowest BCUT2D eigenvalue weighted by Crippen LogP contribution is -2.34. The first-order valence-electron chi connectivity index (χ1n) is 6.38. The van der Waals surface area contributed by atoms with Crippen LogP contribution < -0.4 is 20.1 Å². The standard InChI is InChI=1S/C14H22N2O3.ClH/c1-11(10-16-14(17)8-9-15-2)19-13-7-5-4-6-12(13)18-3;/h4-7,11,15H,8-10H2,1-3H3,(H,16,17);1H. The van der Waals surface area contributed by atoms with E-state index in [9.17, 15) is 4.79 Å². The lowest BCUT2D eigenvalue weighted by atomic mass is 10.3. The maximum atomic E-state index is 11.5. The molecule has 1 amide bonds. The smallest absolute Gasteiger partial charge is 0.221 e. The van der Waals surface area contributed by atoms with Crippen molar-refractivity contribution in [2.24, 2.45) is 0 Å². The van der Waals surface area contributed by atoms with Crippen molar-refractivity contribution in [1.29, 1.82) is 0 Å². The maximum absolute atomic E-state index is 11.5. The molecule has 0 spiro atoms. The van der Waals surface area contributed by atoms with Crippen LogP contribution in [0.25, 0.3) is 0 Å². The lowest BCUT2D eigenvalue weighted by molar-refractivity contribution is -0.121. The van der Waals surface area contributed by atoms with Crippen molar-refractivity contribution in [3.63, 3.8) is 0 Å². The van der Waals surface area contributed by atoms with Crippen molar-refractivity contribution in [2.45, 2.75) is 19.4 Å². The molecule has 0 saturated carbocycles. The average Bonchev–Trinajstić information content (AvgIpc) is 2.43. The Morgan fingerprint density at radius 3 is 2.55 bits per heavy atom. The number of halogens is 1. The van der Waals surface area contributed by atoms with E-state index in [0.29, 0.717) is 31.0 Å². The van der Waals surface area contributed by atoms with Crippen molar-refractivity contribution >= 4 is 18.3 Å². The number of amides is 1. The number of hydrogen-bond donors (Lipinski definition) is 2. The number of nitrogens with one attached hydrogen (secondary N) is 2. The van der Waals surface area contributed by atoms with Crippen LogP contribution in [0.15, 0.2) is 24.3 Å². The van der Waals surface area contributed by atoms with Crippen LogP contribution in [-0.2, 0) is 4.79 Å². The summed E-state index contributed by atoms with van der Waals surface area (Å²) in [5, 5.41) is 5.76. The van der Waals surface area contributed by atoms with Gasteiger partial charge in [-0.25, -0.2) is 0 Å². The van der Waals surface area contributed by atoms with E-state index in [1.165, 1.54) is 0 Å². The van der Waals surface area contributed by atoms with Crippen molar-refractivity contribution in [1.82, 2.24) is 10.6 Å². The minimum atomic E-state index is -0.116. The Hall–Kier alpha value is -1.46. The van der Waals surface area contributed by atoms with Crippen LogP contribution in [0.4, 0.5) is 0 Å². The first-order chi connectivity index (χ1) is 9.17. The molecule has 0 aliphatic heterocycles. The Bertz CT molecular complexity index is 402. The monoisotopic (exact) mass is 302 g/mol. The van der Waals surface area contributed by atoms with Crippen molar-refractivity contribution in [3.8, 4) is 11.5 Å². The van der Waals surface area contributed by atoms with E-state index in [2.05, 4.69) is 10.6 Å². The molecule has 114 valence electrons. The number of benzene rings is 1. The second kappa shape index (κ2) is 10.3. The number of carbonyl (C=O) groups excluding carboxylic acids is 1. The third-order valence-corrected chi connectivity index (χ3v) is 2.59. The number of hydrogen-bond acceptors (Lipinski definition) is 4. The minimum absolute atomic E-state index is 0.